The fraction of sp³-hybridized carbons (Fsp3) is 0.0714. The Hall–Kier alpha value is -2.90. The third-order valence-corrected chi connectivity index (χ3v) is 3.11. The van der Waals surface area contributed by atoms with Gasteiger partial charge < -0.3 is 5.73 Å². The molecule has 0 fully saturated rings. The maximum atomic E-state index is 12.6. The quantitative estimate of drug-likeness (QED) is 0.790. The summed E-state index contributed by atoms with van der Waals surface area (Å²) in [5.41, 5.74) is 4.98. The van der Waals surface area contributed by atoms with Gasteiger partial charge in [-0.15, -0.1) is 0 Å². The summed E-state index contributed by atoms with van der Waals surface area (Å²) >= 11 is 0. The van der Waals surface area contributed by atoms with Crippen LogP contribution in [0.5, 0.6) is 0 Å². The Kier molecular flexibility index (Phi) is 3.09. The van der Waals surface area contributed by atoms with E-state index in [1.54, 1.807) is 24.3 Å². The molecule has 2 heterocycles. The molecule has 112 valence electrons. The third-order valence-electron chi connectivity index (χ3n) is 3.11. The molecule has 0 unspecified atom stereocenters. The molecule has 0 bridgehead atoms. The summed E-state index contributed by atoms with van der Waals surface area (Å²) in [7, 11) is 0. The van der Waals surface area contributed by atoms with E-state index in [1.807, 2.05) is 0 Å². The number of nitrogens with two attached hydrogens (primary N) is 1. The van der Waals surface area contributed by atoms with Gasteiger partial charge in [-0.3, -0.25) is 4.79 Å². The lowest BCUT2D eigenvalue weighted by atomic mass is 10.2. The van der Waals surface area contributed by atoms with E-state index >= 15 is 0 Å². The van der Waals surface area contributed by atoms with Crippen molar-refractivity contribution < 1.29 is 18.0 Å². The van der Waals surface area contributed by atoms with Crippen LogP contribution in [0.15, 0.2) is 42.6 Å². The van der Waals surface area contributed by atoms with Gasteiger partial charge in [0.2, 0.25) is 0 Å². The van der Waals surface area contributed by atoms with Crippen LogP contribution < -0.4 is 5.73 Å². The molecule has 0 aliphatic rings. The van der Waals surface area contributed by atoms with Crippen molar-refractivity contribution in [3.8, 4) is 5.82 Å². The molecular formula is C14H9F3N4O. The Morgan fingerprint density at radius 1 is 1.14 bits per heavy atom. The first-order valence-corrected chi connectivity index (χ1v) is 6.19. The number of nitrogens with zero attached hydrogens (tertiary/aromatic N) is 3. The minimum atomic E-state index is -4.46. The Labute approximate surface area is 122 Å². The second kappa shape index (κ2) is 4.83. The van der Waals surface area contributed by atoms with E-state index < -0.39 is 17.6 Å². The molecule has 0 radical (unpaired) electrons. The van der Waals surface area contributed by atoms with Gasteiger partial charge in [-0.1, -0.05) is 18.2 Å². The minimum Gasteiger partial charge on any atom is -0.364 e. The van der Waals surface area contributed by atoms with Gasteiger partial charge in [0.1, 0.15) is 0 Å². The van der Waals surface area contributed by atoms with Crippen molar-refractivity contribution in [1.29, 1.82) is 0 Å². The van der Waals surface area contributed by atoms with Crippen molar-refractivity contribution in [2.45, 2.75) is 6.18 Å². The number of alkyl halides is 3. The van der Waals surface area contributed by atoms with E-state index in [0.29, 0.717) is 10.9 Å². The first kappa shape index (κ1) is 14.1. The highest BCUT2D eigenvalue weighted by molar-refractivity contribution is 6.04. The number of hydrogen-bond acceptors (Lipinski definition) is 3. The predicted octanol–water partition coefficient (Wildman–Crippen LogP) is 2.54. The molecule has 0 aliphatic heterocycles. The molecule has 3 rings (SSSR count). The number of aromatic nitrogens is 3. The zero-order valence-electron chi connectivity index (χ0n) is 11.0. The Morgan fingerprint density at radius 3 is 2.45 bits per heavy atom. The standard InChI is InChI=1S/C14H9F3N4O/c15-14(16,17)8-5-6-11(19-7-8)21-10-4-2-1-3-9(10)12(20-21)13(18)22/h1-7H,(H2,18,22). The second-order valence-electron chi connectivity index (χ2n) is 4.54. The summed E-state index contributed by atoms with van der Waals surface area (Å²) in [4.78, 5) is 15.2. The van der Waals surface area contributed by atoms with E-state index in [0.717, 1.165) is 12.3 Å². The zero-order chi connectivity index (χ0) is 15.9. The van der Waals surface area contributed by atoms with Crippen molar-refractivity contribution >= 4 is 16.8 Å². The maximum Gasteiger partial charge on any atom is 0.417 e. The highest BCUT2D eigenvalue weighted by atomic mass is 19.4. The SMILES string of the molecule is NC(=O)c1nn(-c2ccc(C(F)(F)F)cn2)c2ccccc12. The van der Waals surface area contributed by atoms with Crippen LogP contribution in [0.4, 0.5) is 13.2 Å². The van der Waals surface area contributed by atoms with Crippen molar-refractivity contribution in [2.75, 3.05) is 0 Å². The Bertz CT molecular complexity index is 853. The first-order chi connectivity index (χ1) is 10.4. The van der Waals surface area contributed by atoms with Crippen LogP contribution in [-0.4, -0.2) is 20.7 Å². The average Bonchev–Trinajstić information content (AvgIpc) is 2.86. The second-order valence-corrected chi connectivity index (χ2v) is 4.54. The van der Waals surface area contributed by atoms with Crippen molar-refractivity contribution in [1.82, 2.24) is 14.8 Å². The van der Waals surface area contributed by atoms with Crippen LogP contribution in [0.3, 0.4) is 0 Å². The monoisotopic (exact) mass is 306 g/mol. The molecule has 8 heteroatoms. The number of halogens is 3. The fourth-order valence-corrected chi connectivity index (χ4v) is 2.10. The van der Waals surface area contributed by atoms with Gasteiger partial charge in [0.05, 0.1) is 11.1 Å². The van der Waals surface area contributed by atoms with Crippen LogP contribution in [0.25, 0.3) is 16.7 Å². The number of benzene rings is 1. The summed E-state index contributed by atoms with van der Waals surface area (Å²) in [5, 5.41) is 4.56. The molecule has 22 heavy (non-hydrogen) atoms. The van der Waals surface area contributed by atoms with Gasteiger partial charge in [0, 0.05) is 11.6 Å². The average molecular weight is 306 g/mol. The molecular weight excluding hydrogens is 297 g/mol. The molecule has 0 spiro atoms. The lowest BCUT2D eigenvalue weighted by Crippen LogP contribution is -2.13. The van der Waals surface area contributed by atoms with Gasteiger partial charge in [-0.2, -0.15) is 18.3 Å². The van der Waals surface area contributed by atoms with Crippen molar-refractivity contribution in [2.24, 2.45) is 5.73 Å². The summed E-state index contributed by atoms with van der Waals surface area (Å²) in [6, 6.07) is 8.85. The molecule has 0 saturated carbocycles. The summed E-state index contributed by atoms with van der Waals surface area (Å²) < 4.78 is 39.0. The maximum absolute atomic E-state index is 12.6. The number of rotatable bonds is 2. The zero-order valence-corrected chi connectivity index (χ0v) is 11.0. The molecule has 5 nitrogen and oxygen atoms in total. The number of para-hydroxylation sites is 1. The van der Waals surface area contributed by atoms with Crippen LogP contribution >= 0.6 is 0 Å². The van der Waals surface area contributed by atoms with Gasteiger partial charge in [-0.05, 0) is 18.2 Å². The van der Waals surface area contributed by atoms with Crippen LogP contribution in [-0.2, 0) is 6.18 Å². The number of carbonyl (C=O) groups is 1. The summed E-state index contributed by atoms with van der Waals surface area (Å²) in [6.07, 6.45) is -3.74. The van der Waals surface area contributed by atoms with E-state index in [1.165, 1.54) is 10.7 Å². The number of carbonyl (C=O) groups excluding carboxylic acids is 1. The van der Waals surface area contributed by atoms with Gasteiger partial charge >= 0.3 is 6.18 Å². The number of pyridine rings is 1. The molecule has 0 saturated heterocycles. The Morgan fingerprint density at radius 2 is 1.86 bits per heavy atom. The van der Waals surface area contributed by atoms with E-state index in [9.17, 15) is 18.0 Å². The van der Waals surface area contributed by atoms with Crippen LogP contribution in [0, 0.1) is 0 Å². The van der Waals surface area contributed by atoms with E-state index in [2.05, 4.69) is 10.1 Å². The van der Waals surface area contributed by atoms with E-state index in [-0.39, 0.29) is 11.5 Å². The van der Waals surface area contributed by atoms with Crippen molar-refractivity contribution in [3.63, 3.8) is 0 Å². The molecule has 2 aromatic heterocycles. The molecule has 3 aromatic rings. The number of hydrogen-bond donors (Lipinski definition) is 1. The van der Waals surface area contributed by atoms with Gasteiger partial charge in [0.15, 0.2) is 11.5 Å². The lowest BCUT2D eigenvalue weighted by Gasteiger charge is -2.07. The first-order valence-electron chi connectivity index (χ1n) is 6.19. The Balaban J connectivity index is 2.16. The fourth-order valence-electron chi connectivity index (χ4n) is 2.10. The van der Waals surface area contributed by atoms with Gasteiger partial charge in [0.25, 0.3) is 5.91 Å². The molecule has 0 atom stereocenters. The van der Waals surface area contributed by atoms with E-state index in [4.69, 9.17) is 5.73 Å². The topological polar surface area (TPSA) is 73.8 Å². The van der Waals surface area contributed by atoms with Crippen molar-refractivity contribution in [3.05, 3.63) is 53.9 Å². The number of primary amides is 1. The number of fused-ring (bicyclic) bond motifs is 1. The normalized spacial score (nSPS) is 11.8. The predicted molar refractivity (Wildman–Crippen MR) is 72.4 cm³/mol. The highest BCUT2D eigenvalue weighted by Gasteiger charge is 2.30. The molecule has 1 aromatic carbocycles. The van der Waals surface area contributed by atoms with Crippen LogP contribution in [0.1, 0.15) is 16.1 Å². The molecule has 2 N–H and O–H groups in total. The summed E-state index contributed by atoms with van der Waals surface area (Å²) in [5.74, 6) is -0.557. The minimum absolute atomic E-state index is 0.0392. The molecule has 0 aliphatic carbocycles. The van der Waals surface area contributed by atoms with Gasteiger partial charge in [-0.25, -0.2) is 9.67 Å². The summed E-state index contributed by atoms with van der Waals surface area (Å²) in [6.45, 7) is 0. The largest absolute Gasteiger partial charge is 0.417 e. The smallest absolute Gasteiger partial charge is 0.364 e. The lowest BCUT2D eigenvalue weighted by molar-refractivity contribution is -0.137. The van der Waals surface area contributed by atoms with Crippen LogP contribution in [0.2, 0.25) is 0 Å². The third kappa shape index (κ3) is 2.28. The highest BCUT2D eigenvalue weighted by Crippen LogP contribution is 2.29. The number of amides is 1. The molecule has 1 amide bonds.